The minimum atomic E-state index is 0.611. The molecule has 0 amide bonds. The van der Waals surface area contributed by atoms with E-state index in [0.717, 1.165) is 0 Å². The molecule has 0 radical (unpaired) electrons. The average Bonchev–Trinajstić information content (AvgIpc) is 2.50. The summed E-state index contributed by atoms with van der Waals surface area (Å²) in [4.78, 5) is 0. The average molecular weight is 273 g/mol. The van der Waals surface area contributed by atoms with Crippen LogP contribution in [0.3, 0.4) is 0 Å². The molecule has 0 aromatic heterocycles. The summed E-state index contributed by atoms with van der Waals surface area (Å²) in [6, 6.07) is 9.60. The Hall–Kier alpha value is -0.820. The minimum Gasteiger partial charge on any atom is -0.310 e. The third kappa shape index (κ3) is 4.94. The maximum atomic E-state index is 3.78. The molecule has 0 saturated carbocycles. The van der Waals surface area contributed by atoms with Crippen molar-refractivity contribution in [1.82, 2.24) is 5.32 Å². The Balaban J connectivity index is 1.61. The molecule has 1 nitrogen and oxygen atoms in total. The van der Waals surface area contributed by atoms with E-state index >= 15 is 0 Å². The van der Waals surface area contributed by atoms with Gasteiger partial charge in [-0.3, -0.25) is 0 Å². The van der Waals surface area contributed by atoms with E-state index in [1.165, 1.54) is 70.8 Å². The molecule has 1 aromatic rings. The van der Waals surface area contributed by atoms with Crippen molar-refractivity contribution in [1.29, 1.82) is 0 Å². The monoisotopic (exact) mass is 273 g/mol. The van der Waals surface area contributed by atoms with Gasteiger partial charge in [-0.1, -0.05) is 69.7 Å². The molecule has 1 N–H and O–H groups in total. The Morgan fingerprint density at radius 1 is 1.00 bits per heavy atom. The number of hydrogen-bond acceptors (Lipinski definition) is 1. The van der Waals surface area contributed by atoms with Crippen molar-refractivity contribution in [3.63, 3.8) is 0 Å². The number of unbranched alkanes of at least 4 members (excludes halogenated alkanes) is 6. The highest BCUT2D eigenvalue weighted by atomic mass is 14.9. The second-order valence-corrected chi connectivity index (χ2v) is 6.22. The van der Waals surface area contributed by atoms with E-state index in [0.29, 0.717) is 6.04 Å². The summed E-state index contributed by atoms with van der Waals surface area (Å²) in [6.45, 7) is 3.47. The SMILES string of the molecule is CCCCCCCCCNC1CCCc2ccccc21. The Bertz CT molecular complexity index is 372. The summed E-state index contributed by atoms with van der Waals surface area (Å²) in [7, 11) is 0. The van der Waals surface area contributed by atoms with Crippen LogP contribution in [0.15, 0.2) is 24.3 Å². The van der Waals surface area contributed by atoms with Crippen molar-refractivity contribution in [2.45, 2.75) is 77.2 Å². The zero-order chi connectivity index (χ0) is 14.0. The van der Waals surface area contributed by atoms with Gasteiger partial charge in [0.2, 0.25) is 0 Å². The highest BCUT2D eigenvalue weighted by Gasteiger charge is 2.18. The lowest BCUT2D eigenvalue weighted by Crippen LogP contribution is -2.26. The summed E-state index contributed by atoms with van der Waals surface area (Å²) in [5.41, 5.74) is 3.12. The molecule has 1 heteroatoms. The van der Waals surface area contributed by atoms with Gasteiger partial charge in [-0.05, 0) is 43.4 Å². The zero-order valence-electron chi connectivity index (χ0n) is 13.2. The van der Waals surface area contributed by atoms with E-state index in [1.54, 1.807) is 11.1 Å². The first-order valence-electron chi connectivity index (χ1n) is 8.73. The molecule has 20 heavy (non-hydrogen) atoms. The van der Waals surface area contributed by atoms with Crippen LogP contribution < -0.4 is 5.32 Å². The topological polar surface area (TPSA) is 12.0 Å². The van der Waals surface area contributed by atoms with E-state index in [1.807, 2.05) is 0 Å². The fraction of sp³-hybridized carbons (Fsp3) is 0.684. The second kappa shape index (κ2) is 9.18. The molecule has 2 rings (SSSR count). The third-order valence-corrected chi connectivity index (χ3v) is 4.54. The highest BCUT2D eigenvalue weighted by Crippen LogP contribution is 2.29. The maximum Gasteiger partial charge on any atom is 0.0323 e. The van der Waals surface area contributed by atoms with Crippen molar-refractivity contribution in [2.75, 3.05) is 6.54 Å². The van der Waals surface area contributed by atoms with Gasteiger partial charge in [-0.25, -0.2) is 0 Å². The van der Waals surface area contributed by atoms with Crippen LogP contribution in [0.25, 0.3) is 0 Å². The Labute approximate surface area is 125 Å². The third-order valence-electron chi connectivity index (χ3n) is 4.54. The summed E-state index contributed by atoms with van der Waals surface area (Å²) >= 11 is 0. The molecule has 1 aliphatic rings. The molecular formula is C19H31N. The van der Waals surface area contributed by atoms with Crippen molar-refractivity contribution in [2.24, 2.45) is 0 Å². The predicted octanol–water partition coefficient (Wildman–Crippen LogP) is 5.40. The predicted molar refractivity (Wildman–Crippen MR) is 88.1 cm³/mol. The largest absolute Gasteiger partial charge is 0.310 e. The van der Waals surface area contributed by atoms with Gasteiger partial charge in [-0.15, -0.1) is 0 Å². The lowest BCUT2D eigenvalue weighted by Gasteiger charge is -2.26. The quantitative estimate of drug-likeness (QED) is 0.594. The first kappa shape index (κ1) is 15.6. The van der Waals surface area contributed by atoms with E-state index in [4.69, 9.17) is 0 Å². The first-order valence-corrected chi connectivity index (χ1v) is 8.73. The van der Waals surface area contributed by atoms with Crippen LogP contribution in [0.2, 0.25) is 0 Å². The van der Waals surface area contributed by atoms with Crippen molar-refractivity contribution in [3.05, 3.63) is 35.4 Å². The number of aryl methyl sites for hydroxylation is 1. The van der Waals surface area contributed by atoms with Gasteiger partial charge in [0.15, 0.2) is 0 Å². The van der Waals surface area contributed by atoms with E-state index in [9.17, 15) is 0 Å². The van der Waals surface area contributed by atoms with Gasteiger partial charge < -0.3 is 5.32 Å². The fourth-order valence-corrected chi connectivity index (χ4v) is 3.32. The van der Waals surface area contributed by atoms with Crippen molar-refractivity contribution >= 4 is 0 Å². The van der Waals surface area contributed by atoms with Gasteiger partial charge in [0.25, 0.3) is 0 Å². The lowest BCUT2D eigenvalue weighted by atomic mass is 9.88. The zero-order valence-corrected chi connectivity index (χ0v) is 13.2. The van der Waals surface area contributed by atoms with Crippen LogP contribution in [-0.4, -0.2) is 6.54 Å². The molecule has 0 fully saturated rings. The number of fused-ring (bicyclic) bond motifs is 1. The van der Waals surface area contributed by atoms with E-state index in [-0.39, 0.29) is 0 Å². The molecule has 112 valence electrons. The smallest absolute Gasteiger partial charge is 0.0323 e. The number of benzene rings is 1. The summed E-state index contributed by atoms with van der Waals surface area (Å²) in [6.07, 6.45) is 13.7. The minimum absolute atomic E-state index is 0.611. The van der Waals surface area contributed by atoms with Gasteiger partial charge >= 0.3 is 0 Å². The van der Waals surface area contributed by atoms with Crippen LogP contribution in [0.5, 0.6) is 0 Å². The summed E-state index contributed by atoms with van der Waals surface area (Å²) in [5.74, 6) is 0. The molecule has 0 bridgehead atoms. The van der Waals surface area contributed by atoms with Crippen LogP contribution in [0.4, 0.5) is 0 Å². The molecule has 1 unspecified atom stereocenters. The molecule has 1 aromatic carbocycles. The normalized spacial score (nSPS) is 17.9. The molecular weight excluding hydrogens is 242 g/mol. The molecule has 0 saturated heterocycles. The van der Waals surface area contributed by atoms with Gasteiger partial charge in [0, 0.05) is 6.04 Å². The number of nitrogens with one attached hydrogen (secondary N) is 1. The molecule has 0 aliphatic heterocycles. The van der Waals surface area contributed by atoms with Crippen LogP contribution in [0, 0.1) is 0 Å². The summed E-state index contributed by atoms with van der Waals surface area (Å²) in [5, 5.41) is 3.78. The van der Waals surface area contributed by atoms with Crippen LogP contribution >= 0.6 is 0 Å². The molecule has 0 heterocycles. The van der Waals surface area contributed by atoms with Gasteiger partial charge in [0.1, 0.15) is 0 Å². The lowest BCUT2D eigenvalue weighted by molar-refractivity contribution is 0.447. The second-order valence-electron chi connectivity index (χ2n) is 6.22. The van der Waals surface area contributed by atoms with Gasteiger partial charge in [-0.2, -0.15) is 0 Å². The standard InChI is InChI=1S/C19H31N/c1-2-3-4-5-6-7-10-16-20-19-15-11-13-17-12-8-9-14-18(17)19/h8-9,12,14,19-20H,2-7,10-11,13,15-16H2,1H3. The molecule has 0 spiro atoms. The Morgan fingerprint density at radius 3 is 2.60 bits per heavy atom. The maximum absolute atomic E-state index is 3.78. The number of rotatable bonds is 9. The van der Waals surface area contributed by atoms with Gasteiger partial charge in [0.05, 0.1) is 0 Å². The summed E-state index contributed by atoms with van der Waals surface area (Å²) < 4.78 is 0. The number of hydrogen-bond donors (Lipinski definition) is 1. The van der Waals surface area contributed by atoms with Crippen LogP contribution in [0.1, 0.15) is 81.9 Å². The fourth-order valence-electron chi connectivity index (χ4n) is 3.32. The Kier molecular flexibility index (Phi) is 7.14. The molecule has 1 aliphatic carbocycles. The highest BCUT2D eigenvalue weighted by molar-refractivity contribution is 5.32. The van der Waals surface area contributed by atoms with Crippen LogP contribution in [-0.2, 0) is 6.42 Å². The van der Waals surface area contributed by atoms with Crippen molar-refractivity contribution in [3.8, 4) is 0 Å². The Morgan fingerprint density at radius 2 is 1.75 bits per heavy atom. The van der Waals surface area contributed by atoms with E-state index in [2.05, 4.69) is 36.5 Å². The first-order chi connectivity index (χ1) is 9.92. The van der Waals surface area contributed by atoms with Crippen molar-refractivity contribution < 1.29 is 0 Å². The molecule has 1 atom stereocenters. The van der Waals surface area contributed by atoms with E-state index < -0.39 is 0 Å².